The van der Waals surface area contributed by atoms with E-state index in [9.17, 15) is 14.4 Å². The molecule has 1 fully saturated rings. The number of imide groups is 1. The summed E-state index contributed by atoms with van der Waals surface area (Å²) in [5.74, 6) is 0.658. The molecule has 2 aromatic rings. The molecule has 2 heterocycles. The first-order chi connectivity index (χ1) is 14.0. The summed E-state index contributed by atoms with van der Waals surface area (Å²) in [6, 6.07) is 12.6. The van der Waals surface area contributed by atoms with Gasteiger partial charge >= 0.3 is 0 Å². The Bertz CT molecular complexity index is 1030. The third-order valence-electron chi connectivity index (χ3n) is 4.58. The molecular formula is C21H18N2O5S. The number of rotatable bonds is 5. The van der Waals surface area contributed by atoms with E-state index in [2.05, 4.69) is 5.32 Å². The van der Waals surface area contributed by atoms with Crippen LogP contribution >= 0.6 is 11.8 Å². The van der Waals surface area contributed by atoms with Crippen molar-refractivity contribution in [2.45, 2.75) is 6.92 Å². The number of carbonyl (C=O) groups excluding carboxylic acids is 3. The number of hydrogen-bond donors (Lipinski definition) is 1. The minimum Gasteiger partial charge on any atom is -0.454 e. The van der Waals surface area contributed by atoms with Crippen molar-refractivity contribution >= 4 is 34.9 Å². The topological polar surface area (TPSA) is 84.9 Å². The Balaban J connectivity index is 1.38. The van der Waals surface area contributed by atoms with Crippen molar-refractivity contribution in [3.63, 3.8) is 0 Å². The predicted octanol–water partition coefficient (Wildman–Crippen LogP) is 3.19. The fourth-order valence-corrected chi connectivity index (χ4v) is 3.92. The second-order valence-electron chi connectivity index (χ2n) is 6.52. The lowest BCUT2D eigenvalue weighted by Gasteiger charge is -2.13. The highest BCUT2D eigenvalue weighted by atomic mass is 32.2. The van der Waals surface area contributed by atoms with Crippen molar-refractivity contribution in [1.82, 2.24) is 10.2 Å². The van der Waals surface area contributed by atoms with E-state index < -0.39 is 0 Å². The van der Waals surface area contributed by atoms with Gasteiger partial charge in [-0.05, 0) is 54.1 Å². The number of thioether (sulfide) groups is 1. The van der Waals surface area contributed by atoms with Gasteiger partial charge < -0.3 is 14.8 Å². The van der Waals surface area contributed by atoms with Gasteiger partial charge in [0.1, 0.15) is 0 Å². The van der Waals surface area contributed by atoms with Crippen LogP contribution in [0.25, 0.3) is 6.08 Å². The van der Waals surface area contributed by atoms with Crippen LogP contribution in [-0.2, 0) is 4.79 Å². The van der Waals surface area contributed by atoms with E-state index in [1.54, 1.807) is 36.4 Å². The van der Waals surface area contributed by atoms with Crippen molar-refractivity contribution in [3.05, 3.63) is 64.1 Å². The van der Waals surface area contributed by atoms with E-state index in [4.69, 9.17) is 9.47 Å². The number of ether oxygens (including phenoxy) is 2. The molecule has 8 heteroatoms. The van der Waals surface area contributed by atoms with Gasteiger partial charge in [-0.1, -0.05) is 24.3 Å². The van der Waals surface area contributed by atoms with E-state index in [-0.39, 0.29) is 36.9 Å². The molecule has 2 aromatic carbocycles. The molecule has 0 aliphatic carbocycles. The first-order valence-corrected chi connectivity index (χ1v) is 9.83. The molecule has 7 nitrogen and oxygen atoms in total. The normalized spacial score (nSPS) is 16.6. The lowest BCUT2D eigenvalue weighted by Crippen LogP contribution is -2.37. The zero-order valence-corrected chi connectivity index (χ0v) is 16.5. The second-order valence-corrected chi connectivity index (χ2v) is 7.51. The molecule has 1 saturated heterocycles. The van der Waals surface area contributed by atoms with Crippen molar-refractivity contribution < 1.29 is 23.9 Å². The molecule has 0 saturated carbocycles. The highest BCUT2D eigenvalue weighted by Crippen LogP contribution is 2.36. The average molecular weight is 410 g/mol. The van der Waals surface area contributed by atoms with Crippen LogP contribution in [0.3, 0.4) is 0 Å². The summed E-state index contributed by atoms with van der Waals surface area (Å²) in [6.07, 6.45) is 1.65. The van der Waals surface area contributed by atoms with Crippen LogP contribution in [0.1, 0.15) is 21.5 Å². The summed E-state index contributed by atoms with van der Waals surface area (Å²) in [4.78, 5) is 38.6. The molecule has 148 valence electrons. The average Bonchev–Trinajstić information content (AvgIpc) is 3.27. The standard InChI is InChI=1S/C21H18N2O5S/c1-13-4-2-3-5-15(13)19(24)22-8-9-23-20(25)18(29-21(23)26)11-14-6-7-16-17(10-14)28-12-27-16/h2-7,10-11H,8-9,12H2,1H3,(H,22,24)/b18-11-. The molecule has 4 rings (SSSR count). The lowest BCUT2D eigenvalue weighted by molar-refractivity contribution is -0.122. The van der Waals surface area contributed by atoms with Gasteiger partial charge in [0.15, 0.2) is 11.5 Å². The van der Waals surface area contributed by atoms with E-state index in [1.807, 2.05) is 19.1 Å². The summed E-state index contributed by atoms with van der Waals surface area (Å²) in [6.45, 7) is 2.32. The molecule has 3 amide bonds. The first-order valence-electron chi connectivity index (χ1n) is 9.02. The Labute approximate surface area is 171 Å². The number of carbonyl (C=O) groups is 3. The van der Waals surface area contributed by atoms with Crippen molar-refractivity contribution in [1.29, 1.82) is 0 Å². The van der Waals surface area contributed by atoms with Gasteiger partial charge in [-0.25, -0.2) is 0 Å². The quantitative estimate of drug-likeness (QED) is 0.762. The van der Waals surface area contributed by atoms with Crippen LogP contribution in [0.15, 0.2) is 47.4 Å². The Morgan fingerprint density at radius 3 is 2.79 bits per heavy atom. The number of hydrogen-bond acceptors (Lipinski definition) is 6. The molecule has 0 radical (unpaired) electrons. The molecule has 0 unspecified atom stereocenters. The van der Waals surface area contributed by atoms with Crippen LogP contribution in [0.5, 0.6) is 11.5 Å². The lowest BCUT2D eigenvalue weighted by atomic mass is 10.1. The molecule has 0 atom stereocenters. The van der Waals surface area contributed by atoms with Gasteiger partial charge in [-0.15, -0.1) is 0 Å². The molecule has 29 heavy (non-hydrogen) atoms. The van der Waals surface area contributed by atoms with Gasteiger partial charge in [-0.2, -0.15) is 0 Å². The second kappa shape index (κ2) is 8.00. The minimum atomic E-state index is -0.372. The third kappa shape index (κ3) is 3.97. The number of fused-ring (bicyclic) bond motifs is 1. The Morgan fingerprint density at radius 1 is 1.17 bits per heavy atom. The number of amides is 3. The highest BCUT2D eigenvalue weighted by Gasteiger charge is 2.34. The van der Waals surface area contributed by atoms with Crippen LogP contribution < -0.4 is 14.8 Å². The summed E-state index contributed by atoms with van der Waals surface area (Å²) in [5.41, 5.74) is 2.18. The number of benzene rings is 2. The maximum Gasteiger partial charge on any atom is 0.293 e. The van der Waals surface area contributed by atoms with Gasteiger partial charge in [-0.3, -0.25) is 19.3 Å². The highest BCUT2D eigenvalue weighted by molar-refractivity contribution is 8.18. The smallest absolute Gasteiger partial charge is 0.293 e. The van der Waals surface area contributed by atoms with Crippen LogP contribution in [0.2, 0.25) is 0 Å². The monoisotopic (exact) mass is 410 g/mol. The van der Waals surface area contributed by atoms with E-state index >= 15 is 0 Å². The van der Waals surface area contributed by atoms with Gasteiger partial charge in [0.2, 0.25) is 6.79 Å². The predicted molar refractivity (Wildman–Crippen MR) is 109 cm³/mol. The molecular weight excluding hydrogens is 392 g/mol. The SMILES string of the molecule is Cc1ccccc1C(=O)NCCN1C(=O)S/C(=C\c2ccc3c(c2)OCO3)C1=O. The number of nitrogens with zero attached hydrogens (tertiary/aromatic N) is 1. The maximum absolute atomic E-state index is 12.6. The third-order valence-corrected chi connectivity index (χ3v) is 5.49. The molecule has 0 bridgehead atoms. The minimum absolute atomic E-state index is 0.112. The van der Waals surface area contributed by atoms with Crippen LogP contribution in [0, 0.1) is 6.92 Å². The van der Waals surface area contributed by atoms with Crippen molar-refractivity contribution in [2.75, 3.05) is 19.9 Å². The maximum atomic E-state index is 12.6. The van der Waals surface area contributed by atoms with Crippen molar-refractivity contribution in [3.8, 4) is 11.5 Å². The molecule has 0 aromatic heterocycles. The van der Waals surface area contributed by atoms with Crippen LogP contribution in [-0.4, -0.2) is 41.8 Å². The zero-order valence-electron chi connectivity index (χ0n) is 15.6. The molecule has 0 spiro atoms. The van der Waals surface area contributed by atoms with E-state index in [0.29, 0.717) is 22.0 Å². The Kier molecular flexibility index (Phi) is 5.26. The fourth-order valence-electron chi connectivity index (χ4n) is 3.05. The first kappa shape index (κ1) is 19.1. The van der Waals surface area contributed by atoms with E-state index in [0.717, 1.165) is 27.8 Å². The van der Waals surface area contributed by atoms with Crippen molar-refractivity contribution in [2.24, 2.45) is 0 Å². The van der Waals surface area contributed by atoms with Crippen LogP contribution in [0.4, 0.5) is 4.79 Å². The Hall–Kier alpha value is -3.26. The number of nitrogens with one attached hydrogen (secondary N) is 1. The summed E-state index contributed by atoms with van der Waals surface area (Å²) >= 11 is 0.881. The zero-order chi connectivity index (χ0) is 20.4. The molecule has 2 aliphatic heterocycles. The molecule has 2 aliphatic rings. The summed E-state index contributed by atoms with van der Waals surface area (Å²) < 4.78 is 10.6. The van der Waals surface area contributed by atoms with Gasteiger partial charge in [0, 0.05) is 18.7 Å². The van der Waals surface area contributed by atoms with Gasteiger partial charge in [0.25, 0.3) is 17.1 Å². The van der Waals surface area contributed by atoms with E-state index in [1.165, 1.54) is 0 Å². The largest absolute Gasteiger partial charge is 0.454 e. The van der Waals surface area contributed by atoms with Gasteiger partial charge in [0.05, 0.1) is 4.91 Å². The Morgan fingerprint density at radius 2 is 1.97 bits per heavy atom. The summed E-state index contributed by atoms with van der Waals surface area (Å²) in [7, 11) is 0. The summed E-state index contributed by atoms with van der Waals surface area (Å²) in [5, 5.41) is 2.40. The number of aryl methyl sites for hydroxylation is 1. The molecule has 1 N–H and O–H groups in total. The fraction of sp³-hybridized carbons (Fsp3) is 0.190.